The van der Waals surface area contributed by atoms with Crippen LogP contribution in [-0.2, 0) is 28.6 Å². The van der Waals surface area contributed by atoms with Gasteiger partial charge in [0.05, 0.1) is 0 Å². The molecule has 0 bridgehead atoms. The van der Waals surface area contributed by atoms with Crippen molar-refractivity contribution in [3.63, 3.8) is 0 Å². The molecule has 0 rings (SSSR count). The SMILES string of the molecule is CCCCCCCCCCCCCCCCCCCCCCCCCCCCCCCCCCCCCC(=O)OCC(COC(=O)CCCCCCCCCCCCCCC)OC(=O)CCCCCCCCCCCCCCCCC. The minimum atomic E-state index is -0.763. The highest BCUT2D eigenvalue weighted by Gasteiger charge is 2.20. The minimum Gasteiger partial charge on any atom is -0.462 e. The predicted octanol–water partition coefficient (Wildman–Crippen LogP) is 25.8. The van der Waals surface area contributed by atoms with Crippen LogP contribution in [0.3, 0.4) is 0 Å². The monoisotopic (exact) mass is 1140 g/mol. The van der Waals surface area contributed by atoms with Gasteiger partial charge in [-0.25, -0.2) is 0 Å². The van der Waals surface area contributed by atoms with Crippen LogP contribution in [0.25, 0.3) is 0 Å². The van der Waals surface area contributed by atoms with Gasteiger partial charge in [-0.1, -0.05) is 406 Å². The van der Waals surface area contributed by atoms with Crippen molar-refractivity contribution >= 4 is 17.9 Å². The summed E-state index contributed by atoms with van der Waals surface area (Å²) in [5.74, 6) is -0.822. The van der Waals surface area contributed by atoms with Gasteiger partial charge in [0.1, 0.15) is 13.2 Å². The van der Waals surface area contributed by atoms with Gasteiger partial charge in [0, 0.05) is 19.3 Å². The highest BCUT2D eigenvalue weighted by molar-refractivity contribution is 5.71. The van der Waals surface area contributed by atoms with E-state index < -0.39 is 6.10 Å². The minimum absolute atomic E-state index is 0.0604. The molecule has 0 aliphatic heterocycles. The third-order valence-electron chi connectivity index (χ3n) is 17.6. The molecule has 6 nitrogen and oxygen atoms in total. The Balaban J connectivity index is 4.00. The van der Waals surface area contributed by atoms with Crippen LogP contribution in [0.4, 0.5) is 0 Å². The molecule has 0 aromatic carbocycles. The largest absolute Gasteiger partial charge is 0.462 e. The number of ether oxygens (including phenoxy) is 3. The lowest BCUT2D eigenvalue weighted by molar-refractivity contribution is -0.167. The zero-order valence-corrected chi connectivity index (χ0v) is 55.6. The number of carbonyl (C=O) groups excluding carboxylic acids is 3. The summed E-state index contributed by atoms with van der Waals surface area (Å²) in [6, 6.07) is 0. The molecule has 0 aromatic rings. The predicted molar refractivity (Wildman–Crippen MR) is 354 cm³/mol. The molecule has 1 atom stereocenters. The smallest absolute Gasteiger partial charge is 0.306 e. The van der Waals surface area contributed by atoms with E-state index in [9.17, 15) is 14.4 Å². The fourth-order valence-corrected chi connectivity index (χ4v) is 12.0. The third kappa shape index (κ3) is 69.1. The van der Waals surface area contributed by atoms with Crippen molar-refractivity contribution in [2.75, 3.05) is 13.2 Å². The molecular formula is C75H146O6. The Morgan fingerprint density at radius 2 is 0.333 bits per heavy atom. The quantitative estimate of drug-likeness (QED) is 0.0343. The average molecular weight is 1140 g/mol. The fourth-order valence-electron chi connectivity index (χ4n) is 12.0. The zero-order valence-electron chi connectivity index (χ0n) is 55.6. The van der Waals surface area contributed by atoms with Crippen molar-refractivity contribution in [3.05, 3.63) is 0 Å². The molecule has 0 saturated heterocycles. The van der Waals surface area contributed by atoms with Gasteiger partial charge >= 0.3 is 17.9 Å². The van der Waals surface area contributed by atoms with Crippen molar-refractivity contribution in [3.8, 4) is 0 Å². The first-order valence-corrected chi connectivity index (χ1v) is 37.5. The lowest BCUT2D eigenvalue weighted by atomic mass is 10.0. The molecular weight excluding hydrogens is 997 g/mol. The van der Waals surface area contributed by atoms with Crippen LogP contribution in [0.5, 0.6) is 0 Å². The van der Waals surface area contributed by atoms with Crippen LogP contribution in [0.1, 0.15) is 445 Å². The number of hydrogen-bond donors (Lipinski definition) is 0. The second kappa shape index (κ2) is 70.9. The van der Waals surface area contributed by atoms with Crippen molar-refractivity contribution in [1.82, 2.24) is 0 Å². The Kier molecular flexibility index (Phi) is 69.5. The summed E-state index contributed by atoms with van der Waals surface area (Å²) >= 11 is 0. The van der Waals surface area contributed by atoms with Gasteiger partial charge in [0.25, 0.3) is 0 Å². The maximum atomic E-state index is 12.9. The first-order valence-electron chi connectivity index (χ1n) is 37.5. The summed E-state index contributed by atoms with van der Waals surface area (Å²) in [5.41, 5.74) is 0. The van der Waals surface area contributed by atoms with E-state index in [4.69, 9.17) is 14.2 Å². The summed E-state index contributed by atoms with van der Waals surface area (Å²) in [6.07, 6.45) is 84.6. The lowest BCUT2D eigenvalue weighted by Crippen LogP contribution is -2.30. The average Bonchev–Trinajstić information content (AvgIpc) is 3.46. The Bertz CT molecular complexity index is 1220. The highest BCUT2D eigenvalue weighted by atomic mass is 16.6. The Morgan fingerprint density at radius 3 is 0.494 bits per heavy atom. The van der Waals surface area contributed by atoms with Gasteiger partial charge in [0.15, 0.2) is 6.10 Å². The molecule has 0 amide bonds. The van der Waals surface area contributed by atoms with Crippen LogP contribution in [0.2, 0.25) is 0 Å². The second-order valence-corrected chi connectivity index (χ2v) is 25.9. The topological polar surface area (TPSA) is 78.9 Å². The summed E-state index contributed by atoms with van der Waals surface area (Å²) in [4.78, 5) is 38.4. The molecule has 0 aliphatic rings. The summed E-state index contributed by atoms with van der Waals surface area (Å²) in [7, 11) is 0. The lowest BCUT2D eigenvalue weighted by Gasteiger charge is -2.18. The van der Waals surface area contributed by atoms with E-state index in [0.717, 1.165) is 57.8 Å². The van der Waals surface area contributed by atoms with Gasteiger partial charge in [-0.05, 0) is 19.3 Å². The van der Waals surface area contributed by atoms with E-state index >= 15 is 0 Å². The van der Waals surface area contributed by atoms with Gasteiger partial charge < -0.3 is 14.2 Å². The van der Waals surface area contributed by atoms with E-state index in [2.05, 4.69) is 20.8 Å². The van der Waals surface area contributed by atoms with E-state index in [1.807, 2.05) is 0 Å². The Hall–Kier alpha value is -1.59. The zero-order chi connectivity index (χ0) is 58.5. The molecule has 0 spiro atoms. The Morgan fingerprint density at radius 1 is 0.198 bits per heavy atom. The standard InChI is InChI=1S/C75H146O6/c1-4-7-10-13-16-19-22-25-27-28-29-30-31-32-33-34-35-36-37-38-39-40-41-42-43-44-45-46-48-50-53-56-59-62-65-68-74(77)80-71-72(70-79-73(76)67-64-61-58-55-52-49-24-21-18-15-12-9-6-3)81-75(78)69-66-63-60-57-54-51-47-26-23-20-17-14-11-8-5-2/h72H,4-71H2,1-3H3. The molecule has 0 radical (unpaired) electrons. The van der Waals surface area contributed by atoms with E-state index in [-0.39, 0.29) is 31.1 Å². The molecule has 1 unspecified atom stereocenters. The van der Waals surface area contributed by atoms with E-state index in [1.54, 1.807) is 0 Å². The normalized spacial score (nSPS) is 11.9. The molecule has 0 saturated carbocycles. The molecule has 0 fully saturated rings. The van der Waals surface area contributed by atoms with Gasteiger partial charge in [-0.3, -0.25) is 14.4 Å². The molecule has 0 aromatic heterocycles. The first-order chi connectivity index (χ1) is 40.0. The number of rotatable bonds is 71. The van der Waals surface area contributed by atoms with Crippen LogP contribution in [0.15, 0.2) is 0 Å². The van der Waals surface area contributed by atoms with E-state index in [1.165, 1.54) is 347 Å². The van der Waals surface area contributed by atoms with Gasteiger partial charge in [-0.2, -0.15) is 0 Å². The first kappa shape index (κ1) is 79.4. The summed E-state index contributed by atoms with van der Waals surface area (Å²) < 4.78 is 17.0. The molecule has 0 heterocycles. The summed E-state index contributed by atoms with van der Waals surface area (Å²) in [5, 5.41) is 0. The van der Waals surface area contributed by atoms with Crippen LogP contribution in [-0.4, -0.2) is 37.2 Å². The molecule has 0 aliphatic carbocycles. The molecule has 81 heavy (non-hydrogen) atoms. The molecule has 0 N–H and O–H groups in total. The van der Waals surface area contributed by atoms with Crippen LogP contribution < -0.4 is 0 Å². The Labute approximate surface area is 508 Å². The molecule has 6 heteroatoms. The fraction of sp³-hybridized carbons (Fsp3) is 0.960. The number of carbonyl (C=O) groups is 3. The number of hydrogen-bond acceptors (Lipinski definition) is 6. The van der Waals surface area contributed by atoms with Crippen molar-refractivity contribution in [2.45, 2.75) is 451 Å². The molecule has 482 valence electrons. The maximum Gasteiger partial charge on any atom is 0.306 e. The third-order valence-corrected chi connectivity index (χ3v) is 17.6. The second-order valence-electron chi connectivity index (χ2n) is 25.9. The van der Waals surface area contributed by atoms with Crippen molar-refractivity contribution < 1.29 is 28.6 Å². The van der Waals surface area contributed by atoms with Crippen molar-refractivity contribution in [1.29, 1.82) is 0 Å². The van der Waals surface area contributed by atoms with E-state index in [0.29, 0.717) is 19.3 Å². The van der Waals surface area contributed by atoms with Crippen molar-refractivity contribution in [2.24, 2.45) is 0 Å². The maximum absolute atomic E-state index is 12.9. The van der Waals surface area contributed by atoms with Gasteiger partial charge in [-0.15, -0.1) is 0 Å². The van der Waals surface area contributed by atoms with Gasteiger partial charge in [0.2, 0.25) is 0 Å². The van der Waals surface area contributed by atoms with Crippen LogP contribution >= 0.6 is 0 Å². The number of unbranched alkanes of at least 4 members (excludes halogenated alkanes) is 60. The number of esters is 3. The highest BCUT2D eigenvalue weighted by Crippen LogP contribution is 2.20. The van der Waals surface area contributed by atoms with Crippen LogP contribution in [0, 0.1) is 0 Å². The summed E-state index contributed by atoms with van der Waals surface area (Å²) in [6.45, 7) is 6.74.